The van der Waals surface area contributed by atoms with Gasteiger partial charge in [-0.05, 0) is 75.5 Å². The monoisotopic (exact) mass is 459 g/mol. The van der Waals surface area contributed by atoms with Crippen LogP contribution in [0.4, 0.5) is 13.2 Å². The Bertz CT molecular complexity index is 1110. The number of hydrogen-bond donors (Lipinski definition) is 2. The van der Waals surface area contributed by atoms with Crippen LogP contribution in [-0.4, -0.2) is 37.8 Å². The molecule has 33 heavy (non-hydrogen) atoms. The average Bonchev–Trinajstić information content (AvgIpc) is 2.71. The van der Waals surface area contributed by atoms with Crippen LogP contribution in [0.25, 0.3) is 0 Å². The molecule has 4 aliphatic carbocycles. The summed E-state index contributed by atoms with van der Waals surface area (Å²) in [4.78, 5) is 37.4. The van der Waals surface area contributed by atoms with Crippen molar-refractivity contribution in [2.24, 2.45) is 11.8 Å². The normalized spacial score (nSPS) is 30.2. The van der Waals surface area contributed by atoms with Crippen molar-refractivity contribution in [1.29, 1.82) is 0 Å². The first-order valence-electron chi connectivity index (χ1n) is 11.0. The molecule has 2 N–H and O–H groups in total. The van der Waals surface area contributed by atoms with Crippen molar-refractivity contribution in [3.05, 3.63) is 53.4 Å². The van der Waals surface area contributed by atoms with Crippen LogP contribution >= 0.6 is 0 Å². The molecule has 2 atom stereocenters. The Kier molecular flexibility index (Phi) is 4.95. The Morgan fingerprint density at radius 3 is 2.21 bits per heavy atom. The van der Waals surface area contributed by atoms with Gasteiger partial charge in [-0.15, -0.1) is 0 Å². The predicted octanol–water partition coefficient (Wildman–Crippen LogP) is 3.45. The first-order chi connectivity index (χ1) is 15.5. The van der Waals surface area contributed by atoms with Crippen LogP contribution in [0.2, 0.25) is 0 Å². The summed E-state index contributed by atoms with van der Waals surface area (Å²) in [5.74, 6) is -0.824. The predicted molar refractivity (Wildman–Crippen MR) is 111 cm³/mol. The molecule has 2 amide bonds. The maximum Gasteiger partial charge on any atom is 0.433 e. The zero-order valence-corrected chi connectivity index (χ0v) is 18.1. The van der Waals surface area contributed by atoms with E-state index in [9.17, 15) is 22.8 Å². The number of aromatic nitrogens is 3. The Hall–Kier alpha value is -3.04. The van der Waals surface area contributed by atoms with Gasteiger partial charge >= 0.3 is 6.18 Å². The molecule has 2 heterocycles. The van der Waals surface area contributed by atoms with E-state index in [1.165, 1.54) is 0 Å². The third-order valence-electron chi connectivity index (χ3n) is 7.09. The highest BCUT2D eigenvalue weighted by atomic mass is 19.4. The highest BCUT2D eigenvalue weighted by Gasteiger charge is 2.59. The number of amides is 2. The molecule has 4 fully saturated rings. The fourth-order valence-corrected chi connectivity index (χ4v) is 6.45. The van der Waals surface area contributed by atoms with Crippen LogP contribution in [0.5, 0.6) is 0 Å². The summed E-state index contributed by atoms with van der Waals surface area (Å²) in [5, 5.41) is 6.17. The first kappa shape index (κ1) is 21.8. The highest BCUT2D eigenvalue weighted by Crippen LogP contribution is 2.57. The topological polar surface area (TPSA) is 96.9 Å². The van der Waals surface area contributed by atoms with Gasteiger partial charge in [0.15, 0.2) is 0 Å². The molecule has 2 unspecified atom stereocenters. The smallest absolute Gasteiger partial charge is 0.345 e. The van der Waals surface area contributed by atoms with Gasteiger partial charge in [-0.25, -0.2) is 15.0 Å². The van der Waals surface area contributed by atoms with Crippen molar-refractivity contribution in [3.63, 3.8) is 0 Å². The summed E-state index contributed by atoms with van der Waals surface area (Å²) in [6, 6.07) is 6.02. The molecule has 4 bridgehead atoms. The van der Waals surface area contributed by atoms with Crippen LogP contribution in [-0.2, 0) is 6.18 Å². The SMILES string of the molecule is Cc1cccc(C(=O)NC23CC4CC(C2)CC(NC(=O)c2nccc(C(F)(F)F)n2)(C4)C3)n1. The lowest BCUT2D eigenvalue weighted by molar-refractivity contribution is -0.141. The van der Waals surface area contributed by atoms with Crippen molar-refractivity contribution in [1.82, 2.24) is 25.6 Å². The molecular weight excluding hydrogens is 435 g/mol. The molecule has 174 valence electrons. The first-order valence-corrected chi connectivity index (χ1v) is 11.0. The Morgan fingerprint density at radius 1 is 0.970 bits per heavy atom. The van der Waals surface area contributed by atoms with Crippen molar-refractivity contribution < 1.29 is 22.8 Å². The zero-order chi connectivity index (χ0) is 23.4. The summed E-state index contributed by atoms with van der Waals surface area (Å²) in [5.41, 5.74) is -1.14. The second kappa shape index (κ2) is 7.50. The minimum Gasteiger partial charge on any atom is -0.345 e. The molecule has 4 saturated carbocycles. The third kappa shape index (κ3) is 4.18. The van der Waals surface area contributed by atoms with E-state index < -0.39 is 34.7 Å². The van der Waals surface area contributed by atoms with Crippen LogP contribution in [0.1, 0.15) is 71.0 Å². The Balaban J connectivity index is 1.37. The zero-order valence-electron chi connectivity index (χ0n) is 18.1. The van der Waals surface area contributed by atoms with Gasteiger partial charge in [0.2, 0.25) is 5.82 Å². The van der Waals surface area contributed by atoms with Gasteiger partial charge in [0.05, 0.1) is 0 Å². The number of halogens is 3. The quantitative estimate of drug-likeness (QED) is 0.730. The summed E-state index contributed by atoms with van der Waals surface area (Å²) in [7, 11) is 0. The van der Waals surface area contributed by atoms with Crippen molar-refractivity contribution >= 4 is 11.8 Å². The number of hydrogen-bond acceptors (Lipinski definition) is 5. The van der Waals surface area contributed by atoms with E-state index in [4.69, 9.17) is 0 Å². The number of alkyl halides is 3. The summed E-state index contributed by atoms with van der Waals surface area (Å²) < 4.78 is 39.1. The van der Waals surface area contributed by atoms with Crippen molar-refractivity contribution in [2.45, 2.75) is 62.7 Å². The van der Waals surface area contributed by atoms with Gasteiger partial charge in [0.25, 0.3) is 11.8 Å². The molecule has 7 nitrogen and oxygen atoms in total. The molecule has 4 aliphatic rings. The molecular formula is C23H24F3N5O2. The van der Waals surface area contributed by atoms with Gasteiger partial charge < -0.3 is 10.6 Å². The Morgan fingerprint density at radius 2 is 1.61 bits per heavy atom. The lowest BCUT2D eigenvalue weighted by atomic mass is 9.50. The Labute approximate surface area is 188 Å². The van der Waals surface area contributed by atoms with Crippen molar-refractivity contribution in [3.8, 4) is 0 Å². The summed E-state index contributed by atoms with van der Waals surface area (Å²) in [6.07, 6.45) is 0.936. The van der Waals surface area contributed by atoms with E-state index in [1.807, 2.05) is 13.0 Å². The van der Waals surface area contributed by atoms with Gasteiger partial charge in [0.1, 0.15) is 11.4 Å². The molecule has 0 aliphatic heterocycles. The summed E-state index contributed by atoms with van der Waals surface area (Å²) in [6.45, 7) is 1.82. The summed E-state index contributed by atoms with van der Waals surface area (Å²) >= 11 is 0. The second-order valence-electron chi connectivity index (χ2n) is 9.86. The van der Waals surface area contributed by atoms with E-state index in [1.54, 1.807) is 12.1 Å². The van der Waals surface area contributed by atoms with Crippen molar-refractivity contribution in [2.75, 3.05) is 0 Å². The van der Waals surface area contributed by atoms with Crippen LogP contribution in [0, 0.1) is 18.8 Å². The number of rotatable bonds is 4. The van der Waals surface area contributed by atoms with E-state index >= 15 is 0 Å². The van der Waals surface area contributed by atoms with Crippen LogP contribution in [0.3, 0.4) is 0 Å². The molecule has 2 aromatic rings. The van der Waals surface area contributed by atoms with Gasteiger partial charge in [-0.2, -0.15) is 13.2 Å². The maximum absolute atomic E-state index is 13.0. The minimum absolute atomic E-state index is 0.247. The molecule has 0 aromatic carbocycles. The number of pyridine rings is 1. The fourth-order valence-electron chi connectivity index (χ4n) is 6.45. The number of carbonyl (C=O) groups is 2. The highest BCUT2D eigenvalue weighted by molar-refractivity contribution is 5.93. The van der Waals surface area contributed by atoms with E-state index in [0.717, 1.165) is 50.1 Å². The standard InChI is InChI=1S/C23H24F3N5O2/c1-13-3-2-4-16(28-13)19(32)30-21-8-14-7-15(9-21)11-22(10-14,12-21)31-20(33)18-27-6-5-17(29-18)23(24,25)26/h2-6,14-15H,7-12H2,1H3,(H,30,32)(H,31,33). The average molecular weight is 459 g/mol. The van der Waals surface area contributed by atoms with E-state index in [0.29, 0.717) is 24.0 Å². The molecule has 6 rings (SSSR count). The van der Waals surface area contributed by atoms with Crippen LogP contribution in [0.15, 0.2) is 30.5 Å². The number of aryl methyl sites for hydroxylation is 1. The van der Waals surface area contributed by atoms with Crippen LogP contribution < -0.4 is 10.6 Å². The molecule has 10 heteroatoms. The minimum atomic E-state index is -4.66. The van der Waals surface area contributed by atoms with Gasteiger partial charge in [-0.3, -0.25) is 9.59 Å². The molecule has 0 radical (unpaired) electrons. The second-order valence-corrected chi connectivity index (χ2v) is 9.86. The molecule has 0 saturated heterocycles. The lowest BCUT2D eigenvalue weighted by Gasteiger charge is -2.62. The molecule has 0 spiro atoms. The number of carbonyl (C=O) groups excluding carboxylic acids is 2. The number of nitrogens with zero attached hydrogens (tertiary/aromatic N) is 3. The lowest BCUT2D eigenvalue weighted by Crippen LogP contribution is -2.70. The third-order valence-corrected chi connectivity index (χ3v) is 7.09. The van der Waals surface area contributed by atoms with Gasteiger partial charge in [0, 0.05) is 23.0 Å². The maximum atomic E-state index is 13.0. The van der Waals surface area contributed by atoms with E-state index in [-0.39, 0.29) is 5.91 Å². The largest absolute Gasteiger partial charge is 0.433 e. The number of nitrogens with one attached hydrogen (secondary N) is 2. The fraction of sp³-hybridized carbons (Fsp3) is 0.522. The molecule has 2 aromatic heterocycles. The van der Waals surface area contributed by atoms with Gasteiger partial charge in [-0.1, -0.05) is 6.07 Å². The van der Waals surface area contributed by atoms with E-state index in [2.05, 4.69) is 25.6 Å².